The Balaban J connectivity index is 1.51. The SMILES string of the molecule is Clc1ccc2c(c1)Cc1c(c(NCCc3ccccc3)nc3ccccc13)S2. The fourth-order valence-electron chi connectivity index (χ4n) is 3.72. The lowest BCUT2D eigenvalue weighted by molar-refractivity contribution is 0.984. The van der Waals surface area contributed by atoms with Gasteiger partial charge in [-0.15, -0.1) is 0 Å². The lowest BCUT2D eigenvalue weighted by Gasteiger charge is -2.23. The van der Waals surface area contributed by atoms with Gasteiger partial charge in [0, 0.05) is 28.3 Å². The van der Waals surface area contributed by atoms with Gasteiger partial charge in [-0.2, -0.15) is 0 Å². The lowest BCUT2D eigenvalue weighted by atomic mass is 10.00. The summed E-state index contributed by atoms with van der Waals surface area (Å²) < 4.78 is 0. The third-order valence-electron chi connectivity index (χ3n) is 5.10. The van der Waals surface area contributed by atoms with E-state index >= 15 is 0 Å². The summed E-state index contributed by atoms with van der Waals surface area (Å²) in [7, 11) is 0. The van der Waals surface area contributed by atoms with Gasteiger partial charge in [0.05, 0.1) is 10.4 Å². The van der Waals surface area contributed by atoms with Crippen LogP contribution in [-0.4, -0.2) is 11.5 Å². The van der Waals surface area contributed by atoms with Crippen LogP contribution in [0, 0.1) is 0 Å². The minimum atomic E-state index is 0.794. The van der Waals surface area contributed by atoms with E-state index in [1.165, 1.54) is 31.9 Å². The fourth-order valence-corrected chi connectivity index (χ4v) is 5.06. The lowest BCUT2D eigenvalue weighted by Crippen LogP contribution is -2.11. The van der Waals surface area contributed by atoms with Crippen molar-refractivity contribution in [2.24, 2.45) is 0 Å². The quantitative estimate of drug-likeness (QED) is 0.366. The fraction of sp³-hybridized carbons (Fsp3) is 0.125. The molecule has 2 heterocycles. The molecule has 0 bridgehead atoms. The number of anilines is 1. The number of pyridine rings is 1. The summed E-state index contributed by atoms with van der Waals surface area (Å²) in [5, 5.41) is 5.62. The molecule has 4 heteroatoms. The number of nitrogens with one attached hydrogen (secondary N) is 1. The van der Waals surface area contributed by atoms with E-state index in [9.17, 15) is 0 Å². The zero-order chi connectivity index (χ0) is 18.9. The molecule has 0 unspecified atom stereocenters. The molecule has 0 aliphatic carbocycles. The Bertz CT molecular complexity index is 1160. The van der Waals surface area contributed by atoms with Crippen molar-refractivity contribution in [3.63, 3.8) is 0 Å². The Hall–Kier alpha value is -2.49. The van der Waals surface area contributed by atoms with Gasteiger partial charge in [-0.1, -0.05) is 71.9 Å². The highest BCUT2D eigenvalue weighted by molar-refractivity contribution is 7.99. The number of benzene rings is 3. The molecule has 2 nitrogen and oxygen atoms in total. The van der Waals surface area contributed by atoms with Crippen LogP contribution in [0.5, 0.6) is 0 Å². The molecule has 0 amide bonds. The Morgan fingerprint density at radius 2 is 1.79 bits per heavy atom. The van der Waals surface area contributed by atoms with Gasteiger partial charge in [-0.05, 0) is 47.4 Å². The Morgan fingerprint density at radius 3 is 2.68 bits per heavy atom. The molecule has 0 fully saturated rings. The third kappa shape index (κ3) is 3.36. The highest BCUT2D eigenvalue weighted by atomic mass is 35.5. The zero-order valence-corrected chi connectivity index (χ0v) is 16.9. The van der Waals surface area contributed by atoms with Gasteiger partial charge in [0.25, 0.3) is 0 Å². The number of aromatic nitrogens is 1. The predicted molar refractivity (Wildman–Crippen MR) is 119 cm³/mol. The molecule has 1 aromatic heterocycles. The van der Waals surface area contributed by atoms with Gasteiger partial charge in [-0.25, -0.2) is 4.98 Å². The van der Waals surface area contributed by atoms with Crippen molar-refractivity contribution in [1.29, 1.82) is 0 Å². The van der Waals surface area contributed by atoms with Crippen LogP contribution in [-0.2, 0) is 12.8 Å². The molecule has 0 spiro atoms. The molecule has 1 aliphatic rings. The second kappa shape index (κ2) is 7.50. The van der Waals surface area contributed by atoms with Crippen molar-refractivity contribution >= 4 is 40.1 Å². The van der Waals surface area contributed by atoms with Gasteiger partial charge in [0.15, 0.2) is 0 Å². The standard InChI is InChI=1S/C24H19ClN2S/c25-18-10-11-22-17(14-18)15-20-19-8-4-5-9-21(19)27-24(23(20)28-22)26-13-12-16-6-2-1-3-7-16/h1-11,14H,12-13,15H2,(H,26,27). The van der Waals surface area contributed by atoms with Crippen molar-refractivity contribution in [3.8, 4) is 0 Å². The molecule has 138 valence electrons. The molecule has 0 saturated carbocycles. The summed E-state index contributed by atoms with van der Waals surface area (Å²) in [5.41, 5.74) is 5.00. The number of rotatable bonds is 4. The summed E-state index contributed by atoms with van der Waals surface area (Å²) in [4.78, 5) is 7.45. The van der Waals surface area contributed by atoms with Crippen LogP contribution < -0.4 is 5.32 Å². The summed E-state index contributed by atoms with van der Waals surface area (Å²) >= 11 is 8.04. The van der Waals surface area contributed by atoms with Crippen molar-refractivity contribution in [1.82, 2.24) is 4.98 Å². The van der Waals surface area contributed by atoms with Gasteiger partial charge in [-0.3, -0.25) is 0 Å². The molecule has 3 aromatic carbocycles. The van der Waals surface area contributed by atoms with Crippen LogP contribution in [0.1, 0.15) is 16.7 Å². The largest absolute Gasteiger partial charge is 0.369 e. The first kappa shape index (κ1) is 17.6. The van der Waals surface area contributed by atoms with Crippen LogP contribution in [0.4, 0.5) is 5.82 Å². The molecule has 28 heavy (non-hydrogen) atoms. The molecular weight excluding hydrogens is 384 g/mol. The van der Waals surface area contributed by atoms with E-state index in [0.29, 0.717) is 0 Å². The predicted octanol–water partition coefficient (Wildman–Crippen LogP) is 6.60. The highest BCUT2D eigenvalue weighted by Gasteiger charge is 2.23. The first-order valence-corrected chi connectivity index (χ1v) is 10.6. The summed E-state index contributed by atoms with van der Waals surface area (Å²) in [6, 6.07) is 25.1. The maximum Gasteiger partial charge on any atom is 0.141 e. The molecule has 0 atom stereocenters. The Labute approximate surface area is 174 Å². The van der Waals surface area contributed by atoms with Crippen LogP contribution in [0.2, 0.25) is 5.02 Å². The first-order chi connectivity index (χ1) is 13.8. The van der Waals surface area contributed by atoms with Crippen molar-refractivity contribution in [2.75, 3.05) is 11.9 Å². The monoisotopic (exact) mass is 402 g/mol. The summed E-state index contributed by atoms with van der Waals surface area (Å²) in [6.07, 6.45) is 1.86. The summed E-state index contributed by atoms with van der Waals surface area (Å²) in [6.45, 7) is 0.857. The first-order valence-electron chi connectivity index (χ1n) is 9.43. The average Bonchev–Trinajstić information content (AvgIpc) is 2.73. The third-order valence-corrected chi connectivity index (χ3v) is 6.60. The van der Waals surface area contributed by atoms with E-state index < -0.39 is 0 Å². The minimum Gasteiger partial charge on any atom is -0.369 e. The summed E-state index contributed by atoms with van der Waals surface area (Å²) in [5.74, 6) is 0.982. The van der Waals surface area contributed by atoms with E-state index in [2.05, 4.69) is 72.0 Å². The number of para-hydroxylation sites is 1. The van der Waals surface area contributed by atoms with Gasteiger partial charge in [0.2, 0.25) is 0 Å². The normalized spacial score (nSPS) is 12.5. The molecule has 0 radical (unpaired) electrons. The van der Waals surface area contributed by atoms with Gasteiger partial charge in [0.1, 0.15) is 5.82 Å². The molecule has 5 rings (SSSR count). The van der Waals surface area contributed by atoms with E-state index in [1.807, 2.05) is 6.07 Å². The van der Waals surface area contributed by atoms with E-state index in [-0.39, 0.29) is 0 Å². The average molecular weight is 403 g/mol. The Kier molecular flexibility index (Phi) is 4.71. The van der Waals surface area contributed by atoms with E-state index in [0.717, 1.165) is 35.7 Å². The minimum absolute atomic E-state index is 0.794. The zero-order valence-electron chi connectivity index (χ0n) is 15.3. The Morgan fingerprint density at radius 1 is 0.964 bits per heavy atom. The number of halogens is 1. The number of hydrogen-bond acceptors (Lipinski definition) is 3. The van der Waals surface area contributed by atoms with Crippen LogP contribution >= 0.6 is 23.4 Å². The van der Waals surface area contributed by atoms with Crippen LogP contribution in [0.25, 0.3) is 10.9 Å². The second-order valence-corrected chi connectivity index (χ2v) is 8.47. The molecular formula is C24H19ClN2S. The maximum atomic E-state index is 6.25. The van der Waals surface area contributed by atoms with Crippen molar-refractivity contribution in [2.45, 2.75) is 22.6 Å². The van der Waals surface area contributed by atoms with E-state index in [1.54, 1.807) is 11.8 Å². The second-order valence-electron chi connectivity index (χ2n) is 6.98. The smallest absolute Gasteiger partial charge is 0.141 e. The maximum absolute atomic E-state index is 6.25. The molecule has 1 N–H and O–H groups in total. The van der Waals surface area contributed by atoms with Gasteiger partial charge >= 0.3 is 0 Å². The topological polar surface area (TPSA) is 24.9 Å². The van der Waals surface area contributed by atoms with Crippen LogP contribution in [0.3, 0.4) is 0 Å². The number of hydrogen-bond donors (Lipinski definition) is 1. The van der Waals surface area contributed by atoms with Crippen molar-refractivity contribution < 1.29 is 0 Å². The number of fused-ring (bicyclic) bond motifs is 4. The molecule has 0 saturated heterocycles. The van der Waals surface area contributed by atoms with Gasteiger partial charge < -0.3 is 5.32 Å². The molecule has 4 aromatic rings. The van der Waals surface area contributed by atoms with Crippen LogP contribution in [0.15, 0.2) is 82.6 Å². The van der Waals surface area contributed by atoms with Crippen molar-refractivity contribution in [3.05, 3.63) is 94.5 Å². The highest BCUT2D eigenvalue weighted by Crippen LogP contribution is 2.45. The number of nitrogens with zero attached hydrogens (tertiary/aromatic N) is 1. The molecule has 1 aliphatic heterocycles. The van der Waals surface area contributed by atoms with E-state index in [4.69, 9.17) is 16.6 Å².